The fourth-order valence-corrected chi connectivity index (χ4v) is 2.70. The average Bonchev–Trinajstić information content (AvgIpc) is 2.63. The van der Waals surface area contributed by atoms with E-state index in [1.807, 2.05) is 11.6 Å². The van der Waals surface area contributed by atoms with Crippen LogP contribution in [0, 0.1) is 6.92 Å². The molecule has 0 spiro atoms. The molecule has 1 saturated heterocycles. The van der Waals surface area contributed by atoms with E-state index in [0.29, 0.717) is 0 Å². The van der Waals surface area contributed by atoms with Gasteiger partial charge in [-0.3, -0.25) is 0 Å². The van der Waals surface area contributed by atoms with Gasteiger partial charge in [0.2, 0.25) is 0 Å². The van der Waals surface area contributed by atoms with Crippen molar-refractivity contribution in [3.63, 3.8) is 0 Å². The highest BCUT2D eigenvalue weighted by Crippen LogP contribution is 2.21. The van der Waals surface area contributed by atoms with Crippen molar-refractivity contribution >= 4 is 11.5 Å². The third-order valence-corrected chi connectivity index (χ3v) is 3.89. The smallest absolute Gasteiger partial charge is 0.148 e. The third kappa shape index (κ3) is 3.62. The minimum absolute atomic E-state index is 0.790. The summed E-state index contributed by atoms with van der Waals surface area (Å²) in [5, 5.41) is 7.88. The van der Waals surface area contributed by atoms with Crippen LogP contribution in [0.3, 0.4) is 0 Å². The number of aryl methyl sites for hydroxylation is 2. The summed E-state index contributed by atoms with van der Waals surface area (Å²) in [7, 11) is 0. The molecule has 1 aliphatic rings. The van der Waals surface area contributed by atoms with Gasteiger partial charge in [0.25, 0.3) is 0 Å². The Morgan fingerprint density at radius 2 is 1.89 bits per heavy atom. The minimum atomic E-state index is 0.790. The highest BCUT2D eigenvalue weighted by molar-refractivity contribution is 5.64. The van der Waals surface area contributed by atoms with Crippen LogP contribution in [-0.2, 0) is 6.54 Å². The number of nitrogen functional groups attached to an aromatic ring is 1. The number of nitrogens with one attached hydrogen (secondary N) is 1. The Morgan fingerprint density at radius 3 is 2.53 bits per heavy atom. The van der Waals surface area contributed by atoms with Gasteiger partial charge in [-0.2, -0.15) is 5.10 Å². The molecule has 0 amide bonds. The lowest BCUT2D eigenvalue weighted by Gasteiger charge is -2.20. The highest BCUT2D eigenvalue weighted by atomic mass is 15.3. The summed E-state index contributed by atoms with van der Waals surface area (Å²) in [6.07, 6.45) is 5.46. The first-order valence-electron chi connectivity index (χ1n) is 7.51. The summed E-state index contributed by atoms with van der Waals surface area (Å²) in [4.78, 5) is 2.55. The monoisotopic (exact) mass is 265 g/mol. The van der Waals surface area contributed by atoms with E-state index in [9.17, 15) is 0 Å². The van der Waals surface area contributed by atoms with E-state index in [0.717, 1.165) is 36.8 Å². The molecule has 0 aliphatic carbocycles. The van der Waals surface area contributed by atoms with Gasteiger partial charge in [-0.25, -0.2) is 4.68 Å². The Balaban J connectivity index is 1.84. The summed E-state index contributed by atoms with van der Waals surface area (Å²) in [5.74, 6) is 0.981. The topological polar surface area (TPSA) is 59.1 Å². The van der Waals surface area contributed by atoms with E-state index >= 15 is 0 Å². The summed E-state index contributed by atoms with van der Waals surface area (Å²) >= 11 is 0. The second kappa shape index (κ2) is 6.80. The number of rotatable bonds is 5. The molecule has 2 rings (SSSR count). The molecule has 5 nitrogen and oxygen atoms in total. The number of likely N-dealkylation sites (tertiary alicyclic amines) is 1. The maximum atomic E-state index is 6.06. The van der Waals surface area contributed by atoms with E-state index in [-0.39, 0.29) is 0 Å². The molecule has 5 heteroatoms. The molecule has 0 unspecified atom stereocenters. The zero-order valence-corrected chi connectivity index (χ0v) is 12.3. The van der Waals surface area contributed by atoms with Crippen molar-refractivity contribution in [1.82, 2.24) is 14.7 Å². The maximum absolute atomic E-state index is 6.06. The largest absolute Gasteiger partial charge is 0.394 e. The number of nitrogens with two attached hydrogens (primary N) is 1. The fraction of sp³-hybridized carbons (Fsp3) is 0.786. The number of aromatic nitrogens is 2. The van der Waals surface area contributed by atoms with Crippen LogP contribution in [0.1, 0.15) is 38.3 Å². The van der Waals surface area contributed by atoms with E-state index in [1.54, 1.807) is 0 Å². The van der Waals surface area contributed by atoms with E-state index in [2.05, 4.69) is 22.2 Å². The van der Waals surface area contributed by atoms with Crippen LogP contribution >= 0.6 is 0 Å². The van der Waals surface area contributed by atoms with Crippen LogP contribution in [0.15, 0.2) is 0 Å². The SMILES string of the molecule is CCn1nc(C)c(N)c1NCCN1CCCCCC1. The van der Waals surface area contributed by atoms with Crippen LogP contribution < -0.4 is 11.1 Å². The molecule has 2 heterocycles. The highest BCUT2D eigenvalue weighted by Gasteiger charge is 2.12. The van der Waals surface area contributed by atoms with Crippen molar-refractivity contribution in [2.45, 2.75) is 46.1 Å². The Labute approximate surface area is 116 Å². The number of nitrogens with zero attached hydrogens (tertiary/aromatic N) is 3. The lowest BCUT2D eigenvalue weighted by Crippen LogP contribution is -2.30. The lowest BCUT2D eigenvalue weighted by atomic mass is 10.2. The molecule has 108 valence electrons. The molecular weight excluding hydrogens is 238 g/mol. The van der Waals surface area contributed by atoms with Crippen molar-refractivity contribution in [2.75, 3.05) is 37.2 Å². The molecule has 1 aliphatic heterocycles. The van der Waals surface area contributed by atoms with Gasteiger partial charge in [0, 0.05) is 19.6 Å². The Morgan fingerprint density at radius 1 is 1.21 bits per heavy atom. The van der Waals surface area contributed by atoms with Crippen molar-refractivity contribution in [3.05, 3.63) is 5.69 Å². The third-order valence-electron chi connectivity index (χ3n) is 3.89. The fourth-order valence-electron chi connectivity index (χ4n) is 2.70. The zero-order chi connectivity index (χ0) is 13.7. The van der Waals surface area contributed by atoms with Gasteiger partial charge in [-0.05, 0) is 39.8 Å². The van der Waals surface area contributed by atoms with Crippen molar-refractivity contribution < 1.29 is 0 Å². The Kier molecular flexibility index (Phi) is 5.07. The first kappa shape index (κ1) is 14.2. The molecule has 0 radical (unpaired) electrons. The van der Waals surface area contributed by atoms with Crippen LogP contribution in [-0.4, -0.2) is 40.9 Å². The molecule has 0 aromatic carbocycles. The Hall–Kier alpha value is -1.23. The maximum Gasteiger partial charge on any atom is 0.148 e. The number of hydrogen-bond donors (Lipinski definition) is 2. The molecule has 1 fully saturated rings. The van der Waals surface area contributed by atoms with Crippen LogP contribution in [0.25, 0.3) is 0 Å². The van der Waals surface area contributed by atoms with Gasteiger partial charge < -0.3 is 16.0 Å². The molecular formula is C14H27N5. The normalized spacial score (nSPS) is 17.4. The predicted octanol–water partition coefficient (Wildman–Crippen LogP) is 2.08. The van der Waals surface area contributed by atoms with Gasteiger partial charge in [0.15, 0.2) is 0 Å². The van der Waals surface area contributed by atoms with E-state index in [4.69, 9.17) is 5.73 Å². The second-order valence-electron chi connectivity index (χ2n) is 5.35. The van der Waals surface area contributed by atoms with Crippen molar-refractivity contribution in [1.29, 1.82) is 0 Å². The molecule has 1 aromatic rings. The molecule has 1 aromatic heterocycles. The second-order valence-corrected chi connectivity index (χ2v) is 5.35. The summed E-state index contributed by atoms with van der Waals surface area (Å²) in [6.45, 7) is 9.41. The van der Waals surface area contributed by atoms with Crippen molar-refractivity contribution in [2.24, 2.45) is 0 Å². The van der Waals surface area contributed by atoms with Gasteiger partial charge in [0.1, 0.15) is 5.82 Å². The number of hydrogen-bond acceptors (Lipinski definition) is 4. The summed E-state index contributed by atoms with van der Waals surface area (Å²) in [5.41, 5.74) is 7.77. The molecule has 0 atom stereocenters. The quantitative estimate of drug-likeness (QED) is 0.856. The molecule has 3 N–H and O–H groups in total. The molecule has 19 heavy (non-hydrogen) atoms. The van der Waals surface area contributed by atoms with Gasteiger partial charge in [-0.15, -0.1) is 0 Å². The summed E-state index contributed by atoms with van der Waals surface area (Å²) < 4.78 is 1.95. The minimum Gasteiger partial charge on any atom is -0.394 e. The van der Waals surface area contributed by atoms with E-state index in [1.165, 1.54) is 38.8 Å². The van der Waals surface area contributed by atoms with Gasteiger partial charge in [0.05, 0.1) is 11.4 Å². The molecule has 0 saturated carbocycles. The average molecular weight is 265 g/mol. The first-order chi connectivity index (χ1) is 9.22. The van der Waals surface area contributed by atoms with Crippen LogP contribution in [0.5, 0.6) is 0 Å². The summed E-state index contributed by atoms with van der Waals surface area (Å²) in [6, 6.07) is 0. The van der Waals surface area contributed by atoms with Crippen LogP contribution in [0.4, 0.5) is 11.5 Å². The van der Waals surface area contributed by atoms with Crippen LogP contribution in [0.2, 0.25) is 0 Å². The van der Waals surface area contributed by atoms with Crippen molar-refractivity contribution in [3.8, 4) is 0 Å². The van der Waals surface area contributed by atoms with Gasteiger partial charge in [-0.1, -0.05) is 12.8 Å². The standard InChI is InChI=1S/C14H27N5/c1-3-19-14(13(15)12(2)17-19)16-8-11-18-9-6-4-5-7-10-18/h16H,3-11,15H2,1-2H3. The Bertz CT molecular complexity index is 391. The zero-order valence-electron chi connectivity index (χ0n) is 12.3. The first-order valence-corrected chi connectivity index (χ1v) is 7.51. The van der Waals surface area contributed by atoms with Gasteiger partial charge >= 0.3 is 0 Å². The van der Waals surface area contributed by atoms with E-state index < -0.39 is 0 Å². The molecule has 0 bridgehead atoms. The lowest BCUT2D eigenvalue weighted by molar-refractivity contribution is 0.296. The number of anilines is 2. The predicted molar refractivity (Wildman–Crippen MR) is 80.4 cm³/mol.